The second kappa shape index (κ2) is 12.4. The quantitative estimate of drug-likeness (QED) is 0.109. The molecule has 0 atom stereocenters. The number of anilines is 1. The van der Waals surface area contributed by atoms with E-state index in [1.807, 2.05) is 6.07 Å². The van der Waals surface area contributed by atoms with Crippen LogP contribution in [-0.4, -0.2) is 57.1 Å². The molecule has 0 saturated heterocycles. The van der Waals surface area contributed by atoms with Crippen LogP contribution in [0.1, 0.15) is 33.3 Å². The van der Waals surface area contributed by atoms with E-state index in [-0.39, 0.29) is 28.8 Å². The third kappa shape index (κ3) is 5.91. The summed E-state index contributed by atoms with van der Waals surface area (Å²) in [5, 5.41) is 19.5. The number of esters is 1. The molecule has 3 aromatic carbocycles. The average Bonchev–Trinajstić information content (AvgIpc) is 3.65. The smallest absolute Gasteiger partial charge is 0.343 e. The van der Waals surface area contributed by atoms with E-state index >= 15 is 0 Å². The maximum atomic E-state index is 13.3. The lowest BCUT2D eigenvalue weighted by Crippen LogP contribution is -2.22. The van der Waals surface area contributed by atoms with Gasteiger partial charge in [-0.15, -0.1) is 5.10 Å². The van der Waals surface area contributed by atoms with Crippen molar-refractivity contribution in [3.05, 3.63) is 89.6 Å². The largest absolute Gasteiger partial charge is 0.497 e. The lowest BCUT2D eigenvalue weighted by Gasteiger charge is -2.11. The molecule has 2 heterocycles. The maximum Gasteiger partial charge on any atom is 0.343 e. The molecule has 0 radical (unpaired) electrons. The van der Waals surface area contributed by atoms with E-state index < -0.39 is 11.9 Å². The van der Waals surface area contributed by atoms with Gasteiger partial charge >= 0.3 is 5.97 Å². The lowest BCUT2D eigenvalue weighted by molar-refractivity contribution is 0.0727. The van der Waals surface area contributed by atoms with Gasteiger partial charge in [-0.25, -0.2) is 14.8 Å². The van der Waals surface area contributed by atoms with Gasteiger partial charge in [0.2, 0.25) is 11.6 Å². The van der Waals surface area contributed by atoms with E-state index in [1.165, 1.54) is 13.3 Å². The molecule has 42 heavy (non-hydrogen) atoms. The van der Waals surface area contributed by atoms with Crippen molar-refractivity contribution in [2.24, 2.45) is 5.10 Å². The number of benzene rings is 3. The Hall–Kier alpha value is -6.05. The second-order valence-electron chi connectivity index (χ2n) is 8.50. The molecular weight excluding hydrogens is 544 g/mol. The minimum absolute atomic E-state index is 0.000695. The Morgan fingerprint density at radius 3 is 2.62 bits per heavy atom. The molecule has 5 aromatic rings. The first-order valence-corrected chi connectivity index (χ1v) is 12.5. The number of carbonyl (C=O) groups is 2. The predicted molar refractivity (Wildman–Crippen MR) is 150 cm³/mol. The molecule has 212 valence electrons. The van der Waals surface area contributed by atoms with Crippen molar-refractivity contribution >= 4 is 23.9 Å². The molecular formula is C28H24N8O6. The van der Waals surface area contributed by atoms with Gasteiger partial charge in [0.1, 0.15) is 11.4 Å². The van der Waals surface area contributed by atoms with Gasteiger partial charge in [-0.3, -0.25) is 4.79 Å². The molecule has 5 rings (SSSR count). The van der Waals surface area contributed by atoms with E-state index in [1.54, 1.807) is 73.7 Å². The van der Waals surface area contributed by atoms with Crippen LogP contribution >= 0.6 is 0 Å². The first kappa shape index (κ1) is 27.5. The Balaban J connectivity index is 1.36. The first-order chi connectivity index (χ1) is 20.5. The highest BCUT2D eigenvalue weighted by atomic mass is 16.6. The fourth-order valence-electron chi connectivity index (χ4n) is 3.85. The van der Waals surface area contributed by atoms with Gasteiger partial charge in [-0.05, 0) is 59.2 Å². The zero-order valence-corrected chi connectivity index (χ0v) is 22.4. The maximum absolute atomic E-state index is 13.3. The third-order valence-corrected chi connectivity index (χ3v) is 5.78. The number of rotatable bonds is 10. The molecule has 0 unspecified atom stereocenters. The minimum Gasteiger partial charge on any atom is -0.497 e. The molecule has 3 N–H and O–H groups in total. The van der Waals surface area contributed by atoms with Crippen molar-refractivity contribution in [3.8, 4) is 34.3 Å². The molecule has 0 aliphatic carbocycles. The molecule has 0 saturated carbocycles. The number of nitrogens with one attached hydrogen (secondary N) is 1. The number of hydrogen-bond donors (Lipinski definition) is 2. The number of nitrogens with zero attached hydrogens (tertiary/aromatic N) is 6. The monoisotopic (exact) mass is 568 g/mol. The van der Waals surface area contributed by atoms with Crippen molar-refractivity contribution in [3.63, 3.8) is 0 Å². The highest BCUT2D eigenvalue weighted by molar-refractivity contribution is 5.99. The summed E-state index contributed by atoms with van der Waals surface area (Å²) in [6, 6.07) is 20.4. The van der Waals surface area contributed by atoms with Crippen LogP contribution in [0.15, 0.2) is 82.5 Å². The summed E-state index contributed by atoms with van der Waals surface area (Å²) in [5.74, 6) is -0.248. The van der Waals surface area contributed by atoms with Crippen molar-refractivity contribution in [2.75, 3.05) is 19.5 Å². The SMILES string of the molecule is CCOc1cc(/C=N/NC(=O)c2c(-c3ccccc3)nnn2-c2nonc2N)ccc1OC(=O)c1cccc(OC)c1. The van der Waals surface area contributed by atoms with Crippen LogP contribution in [0.4, 0.5) is 5.82 Å². The number of nitrogen functional groups attached to an aromatic ring is 1. The highest BCUT2D eigenvalue weighted by Crippen LogP contribution is 2.29. The second-order valence-corrected chi connectivity index (χ2v) is 8.50. The number of carbonyl (C=O) groups excluding carboxylic acids is 2. The normalized spacial score (nSPS) is 10.9. The van der Waals surface area contributed by atoms with Crippen molar-refractivity contribution < 1.29 is 28.4 Å². The minimum atomic E-state index is -0.647. The molecule has 0 spiro atoms. The lowest BCUT2D eigenvalue weighted by atomic mass is 10.1. The highest BCUT2D eigenvalue weighted by Gasteiger charge is 2.26. The summed E-state index contributed by atoms with van der Waals surface area (Å²) >= 11 is 0. The Morgan fingerprint density at radius 1 is 1.05 bits per heavy atom. The van der Waals surface area contributed by atoms with Gasteiger partial charge in [0.15, 0.2) is 17.2 Å². The molecule has 0 bridgehead atoms. The van der Waals surface area contributed by atoms with Gasteiger partial charge in [0.05, 0.1) is 25.5 Å². The Bertz CT molecular complexity index is 1750. The molecule has 0 aliphatic heterocycles. The molecule has 1 amide bonds. The summed E-state index contributed by atoms with van der Waals surface area (Å²) in [6.07, 6.45) is 1.40. The van der Waals surface area contributed by atoms with Crippen LogP contribution in [0.5, 0.6) is 17.2 Å². The summed E-state index contributed by atoms with van der Waals surface area (Å²) in [4.78, 5) is 26.0. The topological polar surface area (TPSA) is 182 Å². The standard InChI is InChI=1S/C28H24N8O6/c1-3-40-22-14-17(12-13-21(22)41-28(38)19-10-7-11-20(15-19)39-2)16-30-32-27(37)24-23(18-8-5-4-6-9-18)31-35-36(24)26-25(29)33-42-34-26/h4-16H,3H2,1-2H3,(H2,29,33)(H,32,37)/b30-16+. The number of hydrogen-bond acceptors (Lipinski definition) is 12. The molecule has 2 aromatic heterocycles. The Labute approximate surface area is 238 Å². The van der Waals surface area contributed by atoms with Crippen LogP contribution in [0.2, 0.25) is 0 Å². The third-order valence-electron chi connectivity index (χ3n) is 5.78. The average molecular weight is 569 g/mol. The zero-order chi connectivity index (χ0) is 29.5. The van der Waals surface area contributed by atoms with E-state index in [4.69, 9.17) is 19.9 Å². The van der Waals surface area contributed by atoms with E-state index in [2.05, 4.69) is 35.8 Å². The number of ether oxygens (including phenoxy) is 3. The van der Waals surface area contributed by atoms with Crippen LogP contribution in [0.3, 0.4) is 0 Å². The van der Waals surface area contributed by atoms with Gasteiger partial charge in [0, 0.05) is 5.56 Å². The van der Waals surface area contributed by atoms with Crippen LogP contribution in [0, 0.1) is 0 Å². The predicted octanol–water partition coefficient (Wildman–Crippen LogP) is 3.29. The summed E-state index contributed by atoms with van der Waals surface area (Å²) in [5.41, 5.74) is 10.1. The van der Waals surface area contributed by atoms with E-state index in [9.17, 15) is 9.59 Å². The van der Waals surface area contributed by atoms with Gasteiger partial charge < -0.3 is 19.9 Å². The van der Waals surface area contributed by atoms with Crippen LogP contribution < -0.4 is 25.4 Å². The molecule has 0 aliphatic rings. The van der Waals surface area contributed by atoms with Crippen molar-refractivity contribution in [1.29, 1.82) is 0 Å². The van der Waals surface area contributed by atoms with Gasteiger partial charge in [-0.2, -0.15) is 9.78 Å². The van der Waals surface area contributed by atoms with E-state index in [0.29, 0.717) is 34.8 Å². The number of nitrogens with two attached hydrogens (primary N) is 1. The van der Waals surface area contributed by atoms with Crippen LogP contribution in [-0.2, 0) is 0 Å². The van der Waals surface area contributed by atoms with Crippen molar-refractivity contribution in [1.82, 2.24) is 30.7 Å². The molecule has 0 fully saturated rings. The fourth-order valence-corrected chi connectivity index (χ4v) is 3.85. The molecule has 14 nitrogen and oxygen atoms in total. The number of methoxy groups -OCH3 is 1. The van der Waals surface area contributed by atoms with Gasteiger partial charge in [-0.1, -0.05) is 41.6 Å². The summed E-state index contributed by atoms with van der Waals surface area (Å²) < 4.78 is 22.2. The number of aromatic nitrogens is 5. The summed E-state index contributed by atoms with van der Waals surface area (Å²) in [7, 11) is 1.51. The summed E-state index contributed by atoms with van der Waals surface area (Å²) in [6.45, 7) is 2.12. The Morgan fingerprint density at radius 2 is 1.88 bits per heavy atom. The number of amides is 1. The first-order valence-electron chi connectivity index (χ1n) is 12.5. The van der Waals surface area contributed by atoms with Crippen LogP contribution in [0.25, 0.3) is 17.1 Å². The van der Waals surface area contributed by atoms with Crippen molar-refractivity contribution in [2.45, 2.75) is 6.92 Å². The van der Waals surface area contributed by atoms with Gasteiger partial charge in [0.25, 0.3) is 5.91 Å². The number of hydrazone groups is 1. The fraction of sp³-hybridized carbons (Fsp3) is 0.107. The van der Waals surface area contributed by atoms with E-state index in [0.717, 1.165) is 4.68 Å². The molecule has 14 heteroatoms. The Kier molecular flexibility index (Phi) is 8.14. The zero-order valence-electron chi connectivity index (χ0n) is 22.4.